The van der Waals surface area contributed by atoms with Gasteiger partial charge < -0.3 is 13.7 Å². The van der Waals surface area contributed by atoms with Crippen LogP contribution in [0.1, 0.15) is 16.7 Å². The van der Waals surface area contributed by atoms with Crippen LogP contribution in [0.15, 0.2) is 243 Å². The lowest BCUT2D eigenvalue weighted by atomic mass is 10.0. The molecule has 0 N–H and O–H groups in total. The van der Waals surface area contributed by atoms with Gasteiger partial charge in [-0.15, -0.1) is 0 Å². The van der Waals surface area contributed by atoms with Crippen molar-refractivity contribution in [2.24, 2.45) is 0 Å². The molecule has 0 unspecified atom stereocenters. The molecule has 0 spiro atoms. The van der Waals surface area contributed by atoms with Gasteiger partial charge >= 0.3 is 0 Å². The summed E-state index contributed by atoms with van der Waals surface area (Å²) in [6, 6.07) is 86.7. The van der Waals surface area contributed by atoms with Crippen molar-refractivity contribution in [1.29, 1.82) is 0 Å². The fourth-order valence-corrected chi connectivity index (χ4v) is 10.6. The van der Waals surface area contributed by atoms with Crippen LogP contribution in [0, 0.1) is 20.8 Å². The molecule has 3 heteroatoms. The number of benzene rings is 11. The maximum Gasteiger partial charge on any atom is 0.0619 e. The Hall–Kier alpha value is -8.66. The van der Waals surface area contributed by atoms with Crippen LogP contribution in [0.4, 0.5) is 0 Å². The van der Waals surface area contributed by atoms with Gasteiger partial charge in [0.15, 0.2) is 0 Å². The first-order chi connectivity index (χ1) is 33.5. The average molecular weight is 872 g/mol. The third kappa shape index (κ3) is 6.91. The summed E-state index contributed by atoms with van der Waals surface area (Å²) in [6.45, 7) is 6.51. The van der Waals surface area contributed by atoms with E-state index >= 15 is 0 Å². The average Bonchev–Trinajstić information content (AvgIpc) is 4.03. The third-order valence-electron chi connectivity index (χ3n) is 13.6. The molecule has 0 radical (unpaired) electrons. The molecule has 0 aliphatic rings. The highest BCUT2D eigenvalue weighted by Gasteiger charge is 2.17. The zero-order valence-corrected chi connectivity index (χ0v) is 38.4. The van der Waals surface area contributed by atoms with Gasteiger partial charge in [0.1, 0.15) is 0 Å². The zero-order valence-electron chi connectivity index (χ0n) is 38.4. The molecule has 0 aliphatic carbocycles. The highest BCUT2D eigenvalue weighted by atomic mass is 15.0. The van der Waals surface area contributed by atoms with Gasteiger partial charge in [0.25, 0.3) is 0 Å². The first kappa shape index (κ1) is 40.8. The van der Waals surface area contributed by atoms with Crippen LogP contribution in [0.2, 0.25) is 0 Å². The molecule has 11 aromatic carbocycles. The summed E-state index contributed by atoms with van der Waals surface area (Å²) in [5.41, 5.74) is 15.2. The molecule has 0 amide bonds. The quantitative estimate of drug-likeness (QED) is 0.168. The van der Waals surface area contributed by atoms with Gasteiger partial charge in [-0.2, -0.15) is 0 Å². The molecule has 14 rings (SSSR count). The second kappa shape index (κ2) is 17.0. The molecule has 0 bridgehead atoms. The van der Waals surface area contributed by atoms with E-state index in [2.05, 4.69) is 277 Å². The predicted molar refractivity (Wildman–Crippen MR) is 292 cm³/mol. The van der Waals surface area contributed by atoms with Crippen molar-refractivity contribution in [2.75, 3.05) is 0 Å². The Morgan fingerprint density at radius 3 is 1.28 bits per heavy atom. The second-order valence-corrected chi connectivity index (χ2v) is 17.9. The van der Waals surface area contributed by atoms with Gasteiger partial charge in [-0.25, -0.2) is 0 Å². The van der Waals surface area contributed by atoms with Gasteiger partial charge in [-0.1, -0.05) is 169 Å². The van der Waals surface area contributed by atoms with Crippen molar-refractivity contribution in [2.45, 2.75) is 20.8 Å². The minimum atomic E-state index is 1.21. The Bertz CT molecular complexity index is 4150. The van der Waals surface area contributed by atoms with E-state index < -0.39 is 0 Å². The predicted octanol–water partition coefficient (Wildman–Crippen LogP) is 17.6. The molecular formula is C65H49N3. The van der Waals surface area contributed by atoms with E-state index in [0.717, 1.165) is 0 Å². The molecule has 0 aliphatic heterocycles. The third-order valence-corrected chi connectivity index (χ3v) is 13.6. The van der Waals surface area contributed by atoms with Gasteiger partial charge in [0.05, 0.1) is 33.1 Å². The summed E-state index contributed by atoms with van der Waals surface area (Å²) in [5.74, 6) is 0. The second-order valence-electron chi connectivity index (χ2n) is 17.9. The van der Waals surface area contributed by atoms with Crippen molar-refractivity contribution >= 4 is 87.0 Å². The van der Waals surface area contributed by atoms with Crippen molar-refractivity contribution in [3.8, 4) is 17.1 Å². The molecule has 3 heterocycles. The normalized spacial score (nSPS) is 11.5. The SMILES string of the molecule is Cc1cc2c3ccccc3n(-c3ccccc3)c2c2ccccc12.Cc1ccc2c(c1)c1c3ccccc3ccc1n2-c1ccccc1.Cc1ccc2c(c1)c1ccccc1n2-c1ccccc1. The Labute approximate surface area is 396 Å². The lowest BCUT2D eigenvalue weighted by Crippen LogP contribution is -1.94. The summed E-state index contributed by atoms with van der Waals surface area (Å²) in [4.78, 5) is 0. The first-order valence-corrected chi connectivity index (χ1v) is 23.5. The Morgan fingerprint density at radius 2 is 0.662 bits per heavy atom. The molecule has 68 heavy (non-hydrogen) atoms. The van der Waals surface area contributed by atoms with Crippen LogP contribution in [0.3, 0.4) is 0 Å². The summed E-state index contributed by atoms with van der Waals surface area (Å²) in [6.07, 6.45) is 0. The molecule has 3 aromatic heterocycles. The molecule has 3 nitrogen and oxygen atoms in total. The van der Waals surface area contributed by atoms with E-state index in [1.165, 1.54) is 121 Å². The fraction of sp³-hybridized carbons (Fsp3) is 0.0462. The molecular weight excluding hydrogens is 823 g/mol. The molecule has 0 saturated carbocycles. The fourth-order valence-electron chi connectivity index (χ4n) is 10.6. The van der Waals surface area contributed by atoms with E-state index in [4.69, 9.17) is 0 Å². The van der Waals surface area contributed by atoms with Crippen LogP contribution in [0.5, 0.6) is 0 Å². The van der Waals surface area contributed by atoms with Crippen LogP contribution < -0.4 is 0 Å². The number of para-hydroxylation sites is 5. The lowest BCUT2D eigenvalue weighted by molar-refractivity contribution is 1.18. The number of hydrogen-bond acceptors (Lipinski definition) is 0. The van der Waals surface area contributed by atoms with Crippen molar-refractivity contribution in [3.63, 3.8) is 0 Å². The van der Waals surface area contributed by atoms with E-state index in [0.29, 0.717) is 0 Å². The molecule has 0 saturated heterocycles. The molecule has 14 aromatic rings. The Kier molecular flexibility index (Phi) is 10.2. The van der Waals surface area contributed by atoms with Gasteiger partial charge in [0, 0.05) is 54.8 Å². The van der Waals surface area contributed by atoms with Crippen LogP contribution in [-0.4, -0.2) is 13.7 Å². The van der Waals surface area contributed by atoms with Crippen molar-refractivity contribution in [3.05, 3.63) is 259 Å². The van der Waals surface area contributed by atoms with E-state index in [-0.39, 0.29) is 0 Å². The molecule has 0 fully saturated rings. The highest BCUT2D eigenvalue weighted by molar-refractivity contribution is 6.22. The van der Waals surface area contributed by atoms with Gasteiger partial charge in [-0.05, 0) is 127 Å². The monoisotopic (exact) mass is 871 g/mol. The Morgan fingerprint density at radius 1 is 0.250 bits per heavy atom. The number of nitrogens with zero attached hydrogens (tertiary/aromatic N) is 3. The molecule has 324 valence electrons. The maximum absolute atomic E-state index is 2.40. The summed E-state index contributed by atoms with van der Waals surface area (Å²) < 4.78 is 7.10. The van der Waals surface area contributed by atoms with Crippen LogP contribution in [-0.2, 0) is 0 Å². The Balaban J connectivity index is 0.000000106. The highest BCUT2D eigenvalue weighted by Crippen LogP contribution is 2.39. The summed E-state index contributed by atoms with van der Waals surface area (Å²) in [7, 11) is 0. The first-order valence-electron chi connectivity index (χ1n) is 23.5. The van der Waals surface area contributed by atoms with E-state index in [1.54, 1.807) is 0 Å². The number of aromatic nitrogens is 3. The van der Waals surface area contributed by atoms with Gasteiger partial charge in [-0.3, -0.25) is 0 Å². The number of hydrogen-bond donors (Lipinski definition) is 0. The van der Waals surface area contributed by atoms with Crippen molar-refractivity contribution in [1.82, 2.24) is 13.7 Å². The standard InChI is InChI=1S/2C23H17N.C19H15N/c1-16-15-21-19-12-7-8-14-22(19)24(17-9-3-2-4-10-17)23(21)20-13-6-5-11-18(16)20;1-16-11-13-21-20(15-16)23-19-10-6-5-7-17(19)12-14-22(23)24(21)18-8-3-2-4-9-18;1-14-11-12-19-17(13-14)16-9-5-6-10-18(16)20(19)15-7-3-2-4-8-15/h2*2-15H,1H3;2-13H,1H3. The zero-order chi connectivity index (χ0) is 45.7. The lowest BCUT2D eigenvalue weighted by Gasteiger charge is -2.10. The minimum Gasteiger partial charge on any atom is -0.309 e. The number of aryl methyl sites for hydroxylation is 3. The van der Waals surface area contributed by atoms with E-state index in [9.17, 15) is 0 Å². The summed E-state index contributed by atoms with van der Waals surface area (Å²) in [5, 5.41) is 13.2. The van der Waals surface area contributed by atoms with E-state index in [1.807, 2.05) is 0 Å². The number of rotatable bonds is 3. The number of fused-ring (bicyclic) bond motifs is 13. The smallest absolute Gasteiger partial charge is 0.0619 e. The van der Waals surface area contributed by atoms with Crippen LogP contribution in [0.25, 0.3) is 104 Å². The maximum atomic E-state index is 2.40. The van der Waals surface area contributed by atoms with Crippen LogP contribution >= 0.6 is 0 Å². The van der Waals surface area contributed by atoms with Crippen molar-refractivity contribution < 1.29 is 0 Å². The topological polar surface area (TPSA) is 14.8 Å². The van der Waals surface area contributed by atoms with Gasteiger partial charge in [0.2, 0.25) is 0 Å². The minimum absolute atomic E-state index is 1.21. The largest absolute Gasteiger partial charge is 0.309 e. The summed E-state index contributed by atoms with van der Waals surface area (Å²) >= 11 is 0. The molecule has 0 atom stereocenters.